The summed E-state index contributed by atoms with van der Waals surface area (Å²) < 4.78 is 0. The Kier molecular flexibility index (Phi) is 2.42. The van der Waals surface area contributed by atoms with E-state index in [1.807, 2.05) is 26.0 Å². The molecule has 1 unspecified atom stereocenters. The highest BCUT2D eigenvalue weighted by molar-refractivity contribution is 6.05. The van der Waals surface area contributed by atoms with Crippen molar-refractivity contribution < 1.29 is 4.79 Å². The van der Waals surface area contributed by atoms with E-state index in [1.54, 1.807) is 11.9 Å². The number of carbonyl (C=O) groups excluding carboxylic acids is 1. The lowest BCUT2D eigenvalue weighted by Gasteiger charge is -2.18. The molecule has 0 spiro atoms. The Hall–Kier alpha value is -1.84. The molecule has 4 heteroatoms. The van der Waals surface area contributed by atoms with Gasteiger partial charge in [0.15, 0.2) is 0 Å². The van der Waals surface area contributed by atoms with Crippen LogP contribution in [-0.2, 0) is 0 Å². The Morgan fingerprint density at radius 3 is 2.25 bits per heavy atom. The molecule has 2 N–H and O–H groups in total. The minimum absolute atomic E-state index is 0.214. The van der Waals surface area contributed by atoms with Gasteiger partial charge in [0.2, 0.25) is 0 Å². The third kappa shape index (κ3) is 1.66. The number of benzene rings is 1. The molecule has 1 saturated heterocycles. The van der Waals surface area contributed by atoms with Crippen molar-refractivity contribution in [3.05, 3.63) is 34.9 Å². The predicted octanol–water partition coefficient (Wildman–Crippen LogP) is 1.98. The summed E-state index contributed by atoms with van der Waals surface area (Å²) in [6.45, 7) is 4.04. The fraction of sp³-hybridized carbons (Fsp3) is 0.333. The van der Waals surface area contributed by atoms with E-state index >= 15 is 0 Å². The van der Waals surface area contributed by atoms with Crippen LogP contribution < -0.4 is 5.32 Å². The molecular weight excluding hydrogens is 202 g/mol. The SMILES string of the molecule is Cc1cc(C)cc(C2C(=N)NC(=O)N2C)c1. The smallest absolute Gasteiger partial charge is 0.313 e. The molecule has 0 aromatic heterocycles. The number of rotatable bonds is 1. The number of nitrogens with one attached hydrogen (secondary N) is 2. The third-order valence-corrected chi connectivity index (χ3v) is 2.78. The molecule has 1 aromatic carbocycles. The van der Waals surface area contributed by atoms with Gasteiger partial charge in [-0.05, 0) is 19.4 Å². The van der Waals surface area contributed by atoms with Gasteiger partial charge in [-0.3, -0.25) is 10.7 Å². The van der Waals surface area contributed by atoms with E-state index in [1.165, 1.54) is 0 Å². The fourth-order valence-corrected chi connectivity index (χ4v) is 2.14. The highest BCUT2D eigenvalue weighted by Gasteiger charge is 2.33. The molecule has 0 bridgehead atoms. The van der Waals surface area contributed by atoms with Gasteiger partial charge in [-0.1, -0.05) is 29.3 Å². The van der Waals surface area contributed by atoms with Crippen LogP contribution in [0.1, 0.15) is 22.7 Å². The zero-order valence-corrected chi connectivity index (χ0v) is 9.66. The van der Waals surface area contributed by atoms with Crippen molar-refractivity contribution >= 4 is 11.9 Å². The molecule has 1 aliphatic rings. The van der Waals surface area contributed by atoms with Crippen molar-refractivity contribution in [2.75, 3.05) is 7.05 Å². The van der Waals surface area contributed by atoms with Gasteiger partial charge < -0.3 is 4.90 Å². The number of nitrogens with zero attached hydrogens (tertiary/aromatic N) is 1. The van der Waals surface area contributed by atoms with Gasteiger partial charge in [0.05, 0.1) is 0 Å². The molecule has 1 aliphatic heterocycles. The van der Waals surface area contributed by atoms with Crippen LogP contribution in [0, 0.1) is 19.3 Å². The second kappa shape index (κ2) is 3.63. The molecule has 16 heavy (non-hydrogen) atoms. The van der Waals surface area contributed by atoms with Crippen LogP contribution in [0.5, 0.6) is 0 Å². The molecule has 2 rings (SSSR count). The van der Waals surface area contributed by atoms with Gasteiger partial charge in [-0.15, -0.1) is 0 Å². The topological polar surface area (TPSA) is 56.2 Å². The van der Waals surface area contributed by atoms with E-state index in [4.69, 9.17) is 5.41 Å². The van der Waals surface area contributed by atoms with Crippen LogP contribution in [0.15, 0.2) is 18.2 Å². The zero-order chi connectivity index (χ0) is 11.9. The van der Waals surface area contributed by atoms with E-state index in [0.717, 1.165) is 16.7 Å². The van der Waals surface area contributed by atoms with Crippen molar-refractivity contribution in [1.82, 2.24) is 10.2 Å². The number of amides is 2. The van der Waals surface area contributed by atoms with Gasteiger partial charge >= 0.3 is 6.03 Å². The first-order valence-corrected chi connectivity index (χ1v) is 5.19. The van der Waals surface area contributed by atoms with Crippen molar-refractivity contribution in [1.29, 1.82) is 5.41 Å². The first-order chi connectivity index (χ1) is 7.49. The van der Waals surface area contributed by atoms with Crippen LogP contribution in [0.2, 0.25) is 0 Å². The summed E-state index contributed by atoms with van der Waals surface area (Å²) in [5.74, 6) is 0.248. The largest absolute Gasteiger partial charge is 0.323 e. The molecule has 1 aromatic rings. The second-order valence-corrected chi connectivity index (χ2v) is 4.28. The zero-order valence-electron chi connectivity index (χ0n) is 9.66. The van der Waals surface area contributed by atoms with Crippen LogP contribution in [0.3, 0.4) is 0 Å². The van der Waals surface area contributed by atoms with E-state index in [0.29, 0.717) is 0 Å². The molecule has 2 amide bonds. The molecule has 4 nitrogen and oxygen atoms in total. The fourth-order valence-electron chi connectivity index (χ4n) is 2.14. The minimum atomic E-state index is -0.272. The molecule has 0 radical (unpaired) electrons. The summed E-state index contributed by atoms with van der Waals surface area (Å²) >= 11 is 0. The number of likely N-dealkylation sites (N-methyl/N-ethyl adjacent to an activating group) is 1. The highest BCUT2D eigenvalue weighted by atomic mass is 16.2. The maximum absolute atomic E-state index is 11.4. The predicted molar refractivity (Wildman–Crippen MR) is 62.7 cm³/mol. The van der Waals surface area contributed by atoms with Gasteiger partial charge in [0, 0.05) is 7.05 Å². The Balaban J connectivity index is 2.44. The summed E-state index contributed by atoms with van der Waals surface area (Å²) in [5, 5.41) is 10.3. The second-order valence-electron chi connectivity index (χ2n) is 4.28. The minimum Gasteiger partial charge on any atom is -0.313 e. The molecule has 84 valence electrons. The van der Waals surface area contributed by atoms with Crippen molar-refractivity contribution in [2.45, 2.75) is 19.9 Å². The van der Waals surface area contributed by atoms with Crippen molar-refractivity contribution in [3.8, 4) is 0 Å². The first-order valence-electron chi connectivity index (χ1n) is 5.19. The quantitative estimate of drug-likeness (QED) is 0.742. The molecular formula is C12H15N3O. The molecule has 1 atom stereocenters. The van der Waals surface area contributed by atoms with Crippen LogP contribution in [0.4, 0.5) is 4.79 Å². The molecule has 0 aliphatic carbocycles. The van der Waals surface area contributed by atoms with Crippen LogP contribution in [-0.4, -0.2) is 23.8 Å². The van der Waals surface area contributed by atoms with Crippen LogP contribution >= 0.6 is 0 Å². The number of urea groups is 1. The lowest BCUT2D eigenvalue weighted by Crippen LogP contribution is -2.25. The van der Waals surface area contributed by atoms with Crippen molar-refractivity contribution in [3.63, 3.8) is 0 Å². The third-order valence-electron chi connectivity index (χ3n) is 2.78. The highest BCUT2D eigenvalue weighted by Crippen LogP contribution is 2.25. The average Bonchev–Trinajstić information content (AvgIpc) is 2.39. The summed E-state index contributed by atoms with van der Waals surface area (Å²) in [6.07, 6.45) is 0. The number of hydrogen-bond donors (Lipinski definition) is 2. The van der Waals surface area contributed by atoms with Gasteiger partial charge in [-0.25, -0.2) is 4.79 Å². The molecule has 1 heterocycles. The van der Waals surface area contributed by atoms with Gasteiger partial charge in [0.25, 0.3) is 0 Å². The number of amidine groups is 1. The standard InChI is InChI=1S/C12H15N3O/c1-7-4-8(2)6-9(5-7)10-11(13)14-12(16)15(10)3/h4-6,10H,1-3H3,(H2,13,14,16). The molecule has 1 fully saturated rings. The average molecular weight is 217 g/mol. The maximum Gasteiger partial charge on any atom is 0.323 e. The van der Waals surface area contributed by atoms with Gasteiger partial charge in [0.1, 0.15) is 11.9 Å². The van der Waals surface area contributed by atoms with Crippen molar-refractivity contribution in [2.24, 2.45) is 0 Å². The number of hydrogen-bond acceptors (Lipinski definition) is 2. The summed E-state index contributed by atoms with van der Waals surface area (Å²) in [7, 11) is 1.71. The first kappa shape index (κ1) is 10.7. The monoisotopic (exact) mass is 217 g/mol. The molecule has 0 saturated carbocycles. The normalized spacial score (nSPS) is 20.2. The van der Waals surface area contributed by atoms with E-state index < -0.39 is 0 Å². The van der Waals surface area contributed by atoms with Gasteiger partial charge in [-0.2, -0.15) is 0 Å². The Morgan fingerprint density at radius 2 is 1.81 bits per heavy atom. The maximum atomic E-state index is 11.4. The lowest BCUT2D eigenvalue weighted by molar-refractivity contribution is 0.217. The van der Waals surface area contributed by atoms with Crippen LogP contribution in [0.25, 0.3) is 0 Å². The Labute approximate surface area is 94.8 Å². The van der Waals surface area contributed by atoms with E-state index in [-0.39, 0.29) is 17.9 Å². The summed E-state index contributed by atoms with van der Waals surface area (Å²) in [4.78, 5) is 13.0. The number of carbonyl (C=O) groups is 1. The number of aryl methyl sites for hydroxylation is 2. The lowest BCUT2D eigenvalue weighted by atomic mass is 10.0. The Morgan fingerprint density at radius 1 is 1.25 bits per heavy atom. The summed E-state index contributed by atoms with van der Waals surface area (Å²) in [6, 6.07) is 5.63. The Bertz CT molecular complexity index is 447. The summed E-state index contributed by atoms with van der Waals surface area (Å²) in [5.41, 5.74) is 3.29. The van der Waals surface area contributed by atoms with E-state index in [9.17, 15) is 4.79 Å². The van der Waals surface area contributed by atoms with E-state index in [2.05, 4.69) is 11.4 Å².